The molecule has 2 unspecified atom stereocenters. The zero-order chi connectivity index (χ0) is 22.4. The Morgan fingerprint density at radius 1 is 0.667 bits per heavy atom. The molecule has 0 bridgehead atoms. The average Bonchev–Trinajstić information content (AvgIpc) is 3.28. The van der Waals surface area contributed by atoms with Crippen molar-refractivity contribution in [2.45, 2.75) is 52.7 Å². The van der Waals surface area contributed by atoms with E-state index < -0.39 is 11.2 Å². The molecule has 2 saturated heterocycles. The third-order valence-electron chi connectivity index (χ3n) is 6.14. The average molecular weight is 423 g/mol. The summed E-state index contributed by atoms with van der Waals surface area (Å²) in [5.74, 6) is 1.99. The lowest BCUT2D eigenvalue weighted by Crippen LogP contribution is -2.37. The number of piperidine rings is 2. The summed E-state index contributed by atoms with van der Waals surface area (Å²) in [6, 6.07) is 0. The zero-order valence-electron chi connectivity index (χ0n) is 18.8. The molecule has 4 aliphatic rings. The van der Waals surface area contributed by atoms with Gasteiger partial charge in [-0.05, 0) is 65.2 Å². The molecule has 0 aromatic rings. The molecule has 6 atom stereocenters. The number of rotatable bonds is 2. The highest BCUT2D eigenvalue weighted by Crippen LogP contribution is 2.51. The minimum Gasteiger partial charge on any atom is -0.444 e. The number of amides is 2. The van der Waals surface area contributed by atoms with E-state index in [0.717, 1.165) is 12.6 Å². The molecule has 2 heterocycles. The summed E-state index contributed by atoms with van der Waals surface area (Å²) in [6.45, 7) is 13.9. The highest BCUT2D eigenvalue weighted by molar-refractivity contribution is 5.71. The van der Waals surface area contributed by atoms with Crippen LogP contribution >= 0.6 is 0 Å². The van der Waals surface area contributed by atoms with Crippen LogP contribution in [0, 0.1) is 35.5 Å². The fraction of sp³-hybridized carbons (Fsp3) is 0.818. The fourth-order valence-corrected chi connectivity index (χ4v) is 4.50. The Morgan fingerprint density at radius 2 is 0.933 bits per heavy atom. The maximum atomic E-state index is 11.6. The molecule has 0 radical (unpaired) electrons. The molecule has 168 valence electrons. The van der Waals surface area contributed by atoms with Gasteiger partial charge in [-0.3, -0.25) is 0 Å². The Kier molecular flexibility index (Phi) is 5.91. The first-order valence-corrected chi connectivity index (χ1v) is 10.7. The van der Waals surface area contributed by atoms with Crippen molar-refractivity contribution in [2.75, 3.05) is 26.2 Å². The van der Waals surface area contributed by atoms with E-state index in [4.69, 9.17) is 9.47 Å². The Balaban J connectivity index is 0.000000171. The summed E-state index contributed by atoms with van der Waals surface area (Å²) in [6.07, 6.45) is 1.53. The van der Waals surface area contributed by atoms with Gasteiger partial charge in [-0.1, -0.05) is 0 Å². The largest absolute Gasteiger partial charge is 0.444 e. The first-order chi connectivity index (χ1) is 13.8. The highest BCUT2D eigenvalue weighted by atomic mass is 16.6. The summed E-state index contributed by atoms with van der Waals surface area (Å²) < 4.78 is 10.5. The molecule has 2 aliphatic carbocycles. The number of nitrogens with zero attached hydrogens (tertiary/aromatic N) is 2. The van der Waals surface area contributed by atoms with Gasteiger partial charge in [0.05, 0.1) is 0 Å². The summed E-state index contributed by atoms with van der Waals surface area (Å²) in [5, 5.41) is 0. The second kappa shape index (κ2) is 7.85. The Hall–Kier alpha value is -2.12. The molecule has 0 aromatic heterocycles. The summed E-state index contributed by atoms with van der Waals surface area (Å²) in [7, 11) is 0. The molecule has 2 saturated carbocycles. The molecule has 8 heteroatoms. The van der Waals surface area contributed by atoms with Crippen molar-refractivity contribution in [2.24, 2.45) is 35.5 Å². The van der Waals surface area contributed by atoms with E-state index in [9.17, 15) is 19.2 Å². The van der Waals surface area contributed by atoms with Crippen molar-refractivity contribution in [1.82, 2.24) is 9.80 Å². The molecular weight excluding hydrogens is 388 g/mol. The first kappa shape index (κ1) is 22.6. The number of carbonyl (C=O) groups excluding carboxylic acids is 4. The Labute approximate surface area is 178 Å². The highest BCUT2D eigenvalue weighted by Gasteiger charge is 2.57. The van der Waals surface area contributed by atoms with Crippen LogP contribution in [0.4, 0.5) is 9.59 Å². The van der Waals surface area contributed by atoms with Crippen LogP contribution in [0.25, 0.3) is 0 Å². The standard InChI is InChI=1S/2C11H17NO3/c2*1-11(2,3)15-10(14)12-4-7-8(5-12)9(7)6-13/h2*6-9H,4-5H2,1-3H3/t2*7-,8+,9?. The van der Waals surface area contributed by atoms with Crippen LogP contribution in [0.3, 0.4) is 0 Å². The van der Waals surface area contributed by atoms with Crippen molar-refractivity contribution < 1.29 is 28.7 Å². The normalized spacial score (nSPS) is 33.5. The van der Waals surface area contributed by atoms with Gasteiger partial charge in [0.15, 0.2) is 0 Å². The first-order valence-electron chi connectivity index (χ1n) is 10.7. The molecule has 8 nitrogen and oxygen atoms in total. The second-order valence-electron chi connectivity index (χ2n) is 10.9. The lowest BCUT2D eigenvalue weighted by Gasteiger charge is -2.25. The molecule has 0 spiro atoms. The van der Waals surface area contributed by atoms with E-state index in [0.29, 0.717) is 49.9 Å². The summed E-state index contributed by atoms with van der Waals surface area (Å²) in [5.41, 5.74) is -0.873. The van der Waals surface area contributed by atoms with Gasteiger partial charge in [-0.15, -0.1) is 0 Å². The lowest BCUT2D eigenvalue weighted by molar-refractivity contribution is -0.110. The number of ether oxygens (including phenoxy) is 2. The van der Waals surface area contributed by atoms with Crippen molar-refractivity contribution in [1.29, 1.82) is 0 Å². The molecule has 4 fully saturated rings. The molecule has 4 rings (SSSR count). The quantitative estimate of drug-likeness (QED) is 0.635. The second-order valence-corrected chi connectivity index (χ2v) is 10.9. The Bertz CT molecular complexity index is 625. The zero-order valence-corrected chi connectivity index (χ0v) is 18.8. The van der Waals surface area contributed by atoms with Crippen molar-refractivity contribution in [3.8, 4) is 0 Å². The maximum absolute atomic E-state index is 11.6. The number of carbonyl (C=O) groups is 4. The van der Waals surface area contributed by atoms with E-state index in [1.165, 1.54) is 0 Å². The number of likely N-dealkylation sites (tertiary alicyclic amines) is 2. The minimum atomic E-state index is -0.437. The number of fused-ring (bicyclic) bond motifs is 2. The molecule has 0 N–H and O–H groups in total. The van der Waals surface area contributed by atoms with Crippen LogP contribution in [0.15, 0.2) is 0 Å². The number of hydrogen-bond donors (Lipinski definition) is 0. The fourth-order valence-electron chi connectivity index (χ4n) is 4.50. The van der Waals surface area contributed by atoms with Crippen LogP contribution in [0.2, 0.25) is 0 Å². The summed E-state index contributed by atoms with van der Waals surface area (Å²) >= 11 is 0. The van der Waals surface area contributed by atoms with Crippen LogP contribution in [-0.2, 0) is 19.1 Å². The molecule has 0 aromatic carbocycles. The van der Waals surface area contributed by atoms with Gasteiger partial charge in [0.25, 0.3) is 0 Å². The predicted molar refractivity (Wildman–Crippen MR) is 109 cm³/mol. The van der Waals surface area contributed by atoms with E-state index in [2.05, 4.69) is 0 Å². The summed E-state index contributed by atoms with van der Waals surface area (Å²) in [4.78, 5) is 47.8. The van der Waals surface area contributed by atoms with Crippen LogP contribution in [-0.4, -0.2) is 71.9 Å². The van der Waals surface area contributed by atoms with Gasteiger partial charge in [0, 0.05) is 38.0 Å². The number of hydrogen-bond acceptors (Lipinski definition) is 6. The molecule has 2 amide bonds. The third kappa shape index (κ3) is 5.13. The van der Waals surface area contributed by atoms with Gasteiger partial charge < -0.3 is 28.9 Å². The third-order valence-corrected chi connectivity index (χ3v) is 6.14. The number of aldehydes is 2. The Morgan fingerprint density at radius 3 is 1.13 bits per heavy atom. The topological polar surface area (TPSA) is 93.2 Å². The van der Waals surface area contributed by atoms with Crippen molar-refractivity contribution in [3.05, 3.63) is 0 Å². The predicted octanol–water partition coefficient (Wildman–Crippen LogP) is 2.60. The van der Waals surface area contributed by atoms with Gasteiger partial charge in [0.2, 0.25) is 0 Å². The van der Waals surface area contributed by atoms with Crippen molar-refractivity contribution >= 4 is 24.8 Å². The van der Waals surface area contributed by atoms with Crippen LogP contribution in [0.1, 0.15) is 41.5 Å². The lowest BCUT2D eigenvalue weighted by atomic mass is 10.2. The molecular formula is C22H34N2O6. The van der Waals surface area contributed by atoms with E-state index in [1.807, 2.05) is 41.5 Å². The van der Waals surface area contributed by atoms with Gasteiger partial charge in [-0.25, -0.2) is 9.59 Å². The maximum Gasteiger partial charge on any atom is 0.410 e. The SMILES string of the molecule is CC(C)(C)OC(=O)N1C[C@@H]2C(C=O)[C@@H]2C1.CC(C)(C)OC(=O)N1C[C@@H]2C(C=O)[C@@H]2C1. The smallest absolute Gasteiger partial charge is 0.410 e. The van der Waals surface area contributed by atoms with Crippen molar-refractivity contribution in [3.63, 3.8) is 0 Å². The van der Waals surface area contributed by atoms with Gasteiger partial charge in [-0.2, -0.15) is 0 Å². The molecule has 2 aliphatic heterocycles. The van der Waals surface area contributed by atoms with E-state index >= 15 is 0 Å². The van der Waals surface area contributed by atoms with Crippen LogP contribution < -0.4 is 0 Å². The van der Waals surface area contributed by atoms with Gasteiger partial charge in [0.1, 0.15) is 23.8 Å². The molecule has 30 heavy (non-hydrogen) atoms. The minimum absolute atomic E-state index is 0.198. The van der Waals surface area contributed by atoms with E-state index in [-0.39, 0.29) is 24.0 Å². The monoisotopic (exact) mass is 422 g/mol. The van der Waals surface area contributed by atoms with Crippen LogP contribution in [0.5, 0.6) is 0 Å². The van der Waals surface area contributed by atoms with E-state index in [1.54, 1.807) is 9.80 Å². The van der Waals surface area contributed by atoms with Gasteiger partial charge >= 0.3 is 12.2 Å².